The molecule has 0 N–H and O–H groups in total. The first-order chi connectivity index (χ1) is 14.5. The van der Waals surface area contributed by atoms with Gasteiger partial charge in [-0.1, -0.05) is 30.3 Å². The maximum absolute atomic E-state index is 12.9. The minimum absolute atomic E-state index is 0.104. The third kappa shape index (κ3) is 4.49. The molecule has 5 nitrogen and oxygen atoms in total. The molecule has 0 spiro atoms. The quantitative estimate of drug-likeness (QED) is 0.619. The summed E-state index contributed by atoms with van der Waals surface area (Å²) < 4.78 is 18.2. The summed E-state index contributed by atoms with van der Waals surface area (Å²) in [7, 11) is -1.19. The zero-order valence-corrected chi connectivity index (χ0v) is 18.2. The molecule has 156 valence electrons. The number of hydrogen-bond donors (Lipinski definition) is 0. The van der Waals surface area contributed by atoms with E-state index in [4.69, 9.17) is 4.42 Å². The van der Waals surface area contributed by atoms with Crippen molar-refractivity contribution in [1.82, 2.24) is 4.90 Å². The summed E-state index contributed by atoms with van der Waals surface area (Å²) in [6.07, 6.45) is 0. The number of anilines is 1. The van der Waals surface area contributed by atoms with Crippen LogP contribution in [0.3, 0.4) is 0 Å². The second-order valence-corrected chi connectivity index (χ2v) is 9.09. The first kappa shape index (κ1) is 20.4. The second kappa shape index (κ2) is 8.88. The molecule has 3 aromatic rings. The average molecular weight is 423 g/mol. The molecule has 1 saturated heterocycles. The Kier molecular flexibility index (Phi) is 6.04. The van der Waals surface area contributed by atoms with E-state index >= 15 is 0 Å². The van der Waals surface area contributed by atoms with Gasteiger partial charge in [-0.25, -0.2) is 0 Å². The maximum atomic E-state index is 12.9. The fraction of sp³-hybridized carbons (Fsp3) is 0.292. The van der Waals surface area contributed by atoms with Crippen LogP contribution in [-0.4, -0.2) is 41.2 Å². The van der Waals surface area contributed by atoms with Crippen molar-refractivity contribution in [3.63, 3.8) is 0 Å². The van der Waals surface area contributed by atoms with Crippen LogP contribution in [0.4, 0.5) is 5.69 Å². The van der Waals surface area contributed by atoms with E-state index in [-0.39, 0.29) is 11.7 Å². The van der Waals surface area contributed by atoms with Crippen molar-refractivity contribution in [2.24, 2.45) is 0 Å². The molecule has 1 fully saturated rings. The number of benzene rings is 2. The van der Waals surface area contributed by atoms with Gasteiger partial charge in [0.25, 0.3) is 5.91 Å². The summed E-state index contributed by atoms with van der Waals surface area (Å²) in [6.45, 7) is 7.11. The van der Waals surface area contributed by atoms with Gasteiger partial charge in [0.2, 0.25) is 0 Å². The number of rotatable bonds is 5. The van der Waals surface area contributed by atoms with E-state index in [1.165, 1.54) is 16.8 Å². The molecule has 2 heterocycles. The van der Waals surface area contributed by atoms with Crippen molar-refractivity contribution >= 4 is 22.4 Å². The molecule has 4 rings (SSSR count). The molecule has 2 aromatic carbocycles. The van der Waals surface area contributed by atoms with Crippen LogP contribution in [0.5, 0.6) is 0 Å². The van der Waals surface area contributed by atoms with Gasteiger partial charge in [0.05, 0.1) is 16.6 Å². The summed E-state index contributed by atoms with van der Waals surface area (Å²) >= 11 is 0. The Morgan fingerprint density at radius 3 is 2.43 bits per heavy atom. The molecule has 0 aliphatic carbocycles. The van der Waals surface area contributed by atoms with Gasteiger partial charge >= 0.3 is 0 Å². The molecule has 1 aliphatic rings. The fourth-order valence-electron chi connectivity index (χ4n) is 3.72. The minimum atomic E-state index is -1.19. The number of piperazine rings is 1. The molecule has 0 bridgehead atoms. The Hall–Kier alpha value is -2.86. The van der Waals surface area contributed by atoms with E-state index in [1.54, 1.807) is 12.1 Å². The number of amides is 1. The van der Waals surface area contributed by atoms with Crippen LogP contribution >= 0.6 is 0 Å². The molecule has 6 heteroatoms. The summed E-state index contributed by atoms with van der Waals surface area (Å²) in [6, 6.07) is 19.2. The Labute approximate surface area is 179 Å². The van der Waals surface area contributed by atoms with Crippen LogP contribution in [0.2, 0.25) is 0 Å². The van der Waals surface area contributed by atoms with Crippen molar-refractivity contribution in [3.05, 3.63) is 83.3 Å². The van der Waals surface area contributed by atoms with Gasteiger partial charge in [0.15, 0.2) is 5.76 Å². The molecule has 0 radical (unpaired) electrons. The second-order valence-electron chi connectivity index (χ2n) is 7.64. The van der Waals surface area contributed by atoms with Crippen LogP contribution in [-0.2, 0) is 16.6 Å². The minimum Gasteiger partial charge on any atom is -0.455 e. The van der Waals surface area contributed by atoms with Crippen molar-refractivity contribution in [3.8, 4) is 0 Å². The van der Waals surface area contributed by atoms with E-state index in [2.05, 4.69) is 36.9 Å². The van der Waals surface area contributed by atoms with Crippen LogP contribution in [0, 0.1) is 13.8 Å². The lowest BCUT2D eigenvalue weighted by atomic mass is 10.1. The molecule has 1 atom stereocenters. The number of carbonyl (C=O) groups excluding carboxylic acids is 1. The largest absolute Gasteiger partial charge is 0.455 e. The predicted molar refractivity (Wildman–Crippen MR) is 119 cm³/mol. The zero-order valence-electron chi connectivity index (χ0n) is 17.3. The highest BCUT2D eigenvalue weighted by Crippen LogP contribution is 2.24. The summed E-state index contributed by atoms with van der Waals surface area (Å²) in [5.74, 6) is 1.04. The molecule has 0 unspecified atom stereocenters. The van der Waals surface area contributed by atoms with E-state index in [9.17, 15) is 9.00 Å². The third-order valence-corrected chi connectivity index (χ3v) is 6.77. The average Bonchev–Trinajstić information content (AvgIpc) is 3.24. The molecular weight excluding hydrogens is 396 g/mol. The SMILES string of the molecule is Cc1ccc(C)c(N2CCN(C(=O)c3ccc(C[S@](=O)c4ccccc4)o3)CC2)c1. The molecule has 0 saturated carbocycles. The molecule has 1 amide bonds. The van der Waals surface area contributed by atoms with Crippen LogP contribution < -0.4 is 4.90 Å². The van der Waals surface area contributed by atoms with Crippen molar-refractivity contribution in [1.29, 1.82) is 0 Å². The fourth-order valence-corrected chi connectivity index (χ4v) is 4.76. The van der Waals surface area contributed by atoms with E-state index < -0.39 is 10.8 Å². The maximum Gasteiger partial charge on any atom is 0.289 e. The molecule has 30 heavy (non-hydrogen) atoms. The lowest BCUT2D eigenvalue weighted by Gasteiger charge is -2.36. The molecule has 1 aromatic heterocycles. The van der Waals surface area contributed by atoms with Crippen molar-refractivity contribution < 1.29 is 13.4 Å². The Morgan fingerprint density at radius 1 is 0.967 bits per heavy atom. The first-order valence-electron chi connectivity index (χ1n) is 10.1. The summed E-state index contributed by atoms with van der Waals surface area (Å²) in [4.78, 5) is 17.8. The Bertz CT molecular complexity index is 1050. The first-order valence-corrected chi connectivity index (χ1v) is 11.5. The van der Waals surface area contributed by atoms with Crippen LogP contribution in [0.25, 0.3) is 0 Å². The van der Waals surface area contributed by atoms with Gasteiger partial charge in [0.1, 0.15) is 5.76 Å². The van der Waals surface area contributed by atoms with Gasteiger partial charge in [-0.2, -0.15) is 0 Å². The molecule has 1 aliphatic heterocycles. The lowest BCUT2D eigenvalue weighted by molar-refractivity contribution is 0.0713. The van der Waals surface area contributed by atoms with Crippen molar-refractivity contribution in [2.75, 3.05) is 31.1 Å². The Balaban J connectivity index is 1.37. The number of carbonyl (C=O) groups is 1. The summed E-state index contributed by atoms with van der Waals surface area (Å²) in [5.41, 5.74) is 3.73. The standard InChI is InChI=1S/C24H26N2O3S/c1-18-8-9-19(2)22(16-18)25-12-14-26(15-13-25)24(27)23-11-10-20(29-23)17-30(28)21-6-4-3-5-7-21/h3-11,16H,12-15,17H2,1-2H3/t30-/m0/s1. The van der Waals surface area contributed by atoms with Crippen molar-refractivity contribution in [2.45, 2.75) is 24.5 Å². The topological polar surface area (TPSA) is 53.8 Å². The van der Waals surface area contributed by atoms with E-state index in [1.807, 2.05) is 35.2 Å². The zero-order chi connectivity index (χ0) is 21.1. The number of furan rings is 1. The van der Waals surface area contributed by atoms with Gasteiger partial charge in [-0.3, -0.25) is 9.00 Å². The van der Waals surface area contributed by atoms with E-state index in [0.717, 1.165) is 18.0 Å². The Morgan fingerprint density at radius 2 is 1.70 bits per heavy atom. The third-order valence-electron chi connectivity index (χ3n) is 5.42. The smallest absolute Gasteiger partial charge is 0.289 e. The summed E-state index contributed by atoms with van der Waals surface area (Å²) in [5, 5.41) is 0. The molecular formula is C24H26N2O3S. The van der Waals surface area contributed by atoms with Gasteiger partial charge < -0.3 is 14.2 Å². The highest BCUT2D eigenvalue weighted by molar-refractivity contribution is 7.84. The highest BCUT2D eigenvalue weighted by Gasteiger charge is 2.25. The lowest BCUT2D eigenvalue weighted by Crippen LogP contribution is -2.49. The number of aryl methyl sites for hydroxylation is 2. The monoisotopic (exact) mass is 422 g/mol. The number of nitrogens with zero attached hydrogens (tertiary/aromatic N) is 2. The van der Waals surface area contributed by atoms with Gasteiger partial charge in [0, 0.05) is 36.8 Å². The highest BCUT2D eigenvalue weighted by atomic mass is 32.2. The normalized spacial score (nSPS) is 15.3. The van der Waals surface area contributed by atoms with Gasteiger partial charge in [-0.05, 0) is 55.3 Å². The van der Waals surface area contributed by atoms with Crippen LogP contribution in [0.15, 0.2) is 70.0 Å². The van der Waals surface area contributed by atoms with Crippen LogP contribution in [0.1, 0.15) is 27.4 Å². The predicted octanol–water partition coefficient (Wildman–Crippen LogP) is 4.17. The van der Waals surface area contributed by atoms with E-state index in [0.29, 0.717) is 24.6 Å². The van der Waals surface area contributed by atoms with Gasteiger partial charge in [-0.15, -0.1) is 0 Å². The number of hydrogen-bond acceptors (Lipinski definition) is 4.